The van der Waals surface area contributed by atoms with E-state index in [0.717, 1.165) is 5.56 Å². The number of rotatable bonds is 5. The van der Waals surface area contributed by atoms with Crippen LogP contribution in [0.15, 0.2) is 53.5 Å². The van der Waals surface area contributed by atoms with E-state index in [4.69, 9.17) is 23.1 Å². The van der Waals surface area contributed by atoms with Crippen LogP contribution in [0.2, 0.25) is 5.02 Å². The molecule has 0 radical (unpaired) electrons. The van der Waals surface area contributed by atoms with Gasteiger partial charge in [-0.25, -0.2) is 9.38 Å². The summed E-state index contributed by atoms with van der Waals surface area (Å²) in [7, 11) is 0. The van der Waals surface area contributed by atoms with Crippen LogP contribution >= 0.6 is 11.6 Å². The van der Waals surface area contributed by atoms with E-state index in [0.29, 0.717) is 17.0 Å². The van der Waals surface area contributed by atoms with Gasteiger partial charge in [-0.1, -0.05) is 23.7 Å². The molecule has 0 saturated heterocycles. The first-order valence-electron chi connectivity index (χ1n) is 9.23. The van der Waals surface area contributed by atoms with Crippen LogP contribution in [0.25, 0.3) is 0 Å². The largest absolute Gasteiger partial charge is 0.351 e. The molecular formula is C21H27ClFN5O. The van der Waals surface area contributed by atoms with Gasteiger partial charge in [0.1, 0.15) is 12.0 Å². The Morgan fingerprint density at radius 1 is 1.10 bits per heavy atom. The number of guanidine groups is 1. The lowest BCUT2D eigenvalue weighted by Crippen LogP contribution is -2.50. The third-order valence-electron chi connectivity index (χ3n) is 3.92. The second-order valence-electron chi connectivity index (χ2n) is 7.77. The third-order valence-corrected chi connectivity index (χ3v) is 4.17. The molecule has 0 bridgehead atoms. The molecule has 8 heteroatoms. The number of carbonyl (C=O) groups excluding carboxylic acids is 1. The van der Waals surface area contributed by atoms with Crippen molar-refractivity contribution >= 4 is 23.5 Å². The van der Waals surface area contributed by atoms with Gasteiger partial charge in [-0.05, 0) is 62.7 Å². The van der Waals surface area contributed by atoms with Gasteiger partial charge in [0.15, 0.2) is 5.96 Å². The summed E-state index contributed by atoms with van der Waals surface area (Å²) in [5.74, 6) is -0.423. The van der Waals surface area contributed by atoms with Crippen LogP contribution in [0.5, 0.6) is 0 Å². The van der Waals surface area contributed by atoms with E-state index < -0.39 is 12.2 Å². The topological polar surface area (TPSA) is 106 Å². The van der Waals surface area contributed by atoms with Gasteiger partial charge in [0.05, 0.1) is 0 Å². The SMILES string of the molecule is CC(C)(C)NC(=NC(N)CC(N)c1ccc(F)cc1)NC(=O)c1ccc(Cl)cc1. The molecule has 2 aromatic carbocycles. The summed E-state index contributed by atoms with van der Waals surface area (Å²) in [6.07, 6.45) is -0.358. The fraction of sp³-hybridized carbons (Fsp3) is 0.333. The van der Waals surface area contributed by atoms with Gasteiger partial charge in [0, 0.05) is 28.6 Å². The van der Waals surface area contributed by atoms with Crippen molar-refractivity contribution in [1.82, 2.24) is 10.6 Å². The van der Waals surface area contributed by atoms with E-state index in [-0.39, 0.29) is 23.2 Å². The van der Waals surface area contributed by atoms with E-state index in [2.05, 4.69) is 15.6 Å². The predicted molar refractivity (Wildman–Crippen MR) is 115 cm³/mol. The lowest BCUT2D eigenvalue weighted by atomic mass is 10.0. The molecule has 0 heterocycles. The Bertz CT molecular complexity index is 847. The molecule has 156 valence electrons. The Morgan fingerprint density at radius 3 is 2.24 bits per heavy atom. The van der Waals surface area contributed by atoms with E-state index in [1.165, 1.54) is 12.1 Å². The van der Waals surface area contributed by atoms with Gasteiger partial charge >= 0.3 is 0 Å². The number of halogens is 2. The van der Waals surface area contributed by atoms with Crippen LogP contribution in [0.4, 0.5) is 4.39 Å². The monoisotopic (exact) mass is 419 g/mol. The smallest absolute Gasteiger partial charge is 0.257 e. The fourth-order valence-corrected chi connectivity index (χ4v) is 2.68. The number of nitrogens with two attached hydrogens (primary N) is 2. The molecule has 2 aromatic rings. The number of carbonyl (C=O) groups is 1. The number of hydrogen-bond donors (Lipinski definition) is 4. The molecule has 0 aliphatic carbocycles. The van der Waals surface area contributed by atoms with Crippen molar-refractivity contribution in [3.8, 4) is 0 Å². The number of nitrogens with one attached hydrogen (secondary N) is 2. The molecule has 0 aliphatic heterocycles. The van der Waals surface area contributed by atoms with Crippen LogP contribution in [0, 0.1) is 5.82 Å². The van der Waals surface area contributed by atoms with Crippen LogP contribution in [0.1, 0.15) is 49.2 Å². The maximum atomic E-state index is 13.1. The van der Waals surface area contributed by atoms with Gasteiger partial charge < -0.3 is 16.8 Å². The summed E-state index contributed by atoms with van der Waals surface area (Å²) in [5, 5.41) is 6.43. The minimum atomic E-state index is -0.676. The predicted octanol–water partition coefficient (Wildman–Crippen LogP) is 3.33. The average molecular weight is 420 g/mol. The van der Waals surface area contributed by atoms with Gasteiger partial charge in [0.25, 0.3) is 5.91 Å². The first kappa shape index (κ1) is 22.8. The van der Waals surface area contributed by atoms with Crippen molar-refractivity contribution in [2.75, 3.05) is 0 Å². The minimum Gasteiger partial charge on any atom is -0.351 e. The number of aliphatic imine (C=N–C) groups is 1. The van der Waals surface area contributed by atoms with Crippen molar-refractivity contribution in [2.24, 2.45) is 16.5 Å². The zero-order valence-corrected chi connectivity index (χ0v) is 17.5. The molecule has 0 spiro atoms. The van der Waals surface area contributed by atoms with Gasteiger partial charge in [-0.3, -0.25) is 10.1 Å². The fourth-order valence-electron chi connectivity index (χ4n) is 2.56. The number of hydrogen-bond acceptors (Lipinski definition) is 4. The minimum absolute atomic E-state index is 0.247. The maximum absolute atomic E-state index is 13.1. The van der Waals surface area contributed by atoms with Crippen LogP contribution in [0.3, 0.4) is 0 Å². The highest BCUT2D eigenvalue weighted by Crippen LogP contribution is 2.16. The van der Waals surface area contributed by atoms with Gasteiger partial charge in [-0.2, -0.15) is 0 Å². The summed E-state index contributed by atoms with van der Waals surface area (Å²) in [4.78, 5) is 16.9. The Labute approximate surface area is 175 Å². The molecule has 2 rings (SSSR count). The molecule has 0 fully saturated rings. The van der Waals surface area contributed by atoms with Crippen molar-refractivity contribution < 1.29 is 9.18 Å². The van der Waals surface area contributed by atoms with Gasteiger partial charge in [0.2, 0.25) is 0 Å². The highest BCUT2D eigenvalue weighted by atomic mass is 35.5. The van der Waals surface area contributed by atoms with E-state index >= 15 is 0 Å². The normalized spacial score (nSPS) is 14.2. The Balaban J connectivity index is 2.12. The zero-order chi connectivity index (χ0) is 21.6. The Hall–Kier alpha value is -2.48. The van der Waals surface area contributed by atoms with E-state index in [1.807, 2.05) is 20.8 Å². The summed E-state index contributed by atoms with van der Waals surface area (Å²) in [6.45, 7) is 5.81. The first-order chi connectivity index (χ1) is 13.5. The molecule has 6 nitrogen and oxygen atoms in total. The molecule has 29 heavy (non-hydrogen) atoms. The third kappa shape index (κ3) is 7.81. The molecule has 0 saturated carbocycles. The standard InChI is InChI=1S/C21H27ClFN5O/c1-21(2,3)28-20(27-19(29)14-4-8-15(22)9-5-14)26-18(25)12-17(24)13-6-10-16(23)11-7-13/h4-11,17-18H,12,24-25H2,1-3H3,(H2,26,27,28,29). The average Bonchev–Trinajstić information content (AvgIpc) is 2.61. The molecule has 0 aromatic heterocycles. The number of amides is 1. The molecular weight excluding hydrogens is 393 g/mol. The number of benzene rings is 2. The van der Waals surface area contributed by atoms with E-state index in [1.54, 1.807) is 36.4 Å². The van der Waals surface area contributed by atoms with Crippen molar-refractivity contribution in [3.05, 3.63) is 70.5 Å². The summed E-state index contributed by atoms with van der Waals surface area (Å²) < 4.78 is 13.1. The van der Waals surface area contributed by atoms with Crippen molar-refractivity contribution in [3.63, 3.8) is 0 Å². The van der Waals surface area contributed by atoms with Crippen LogP contribution < -0.4 is 22.1 Å². The number of nitrogens with zero attached hydrogens (tertiary/aromatic N) is 1. The first-order valence-corrected chi connectivity index (χ1v) is 9.61. The highest BCUT2D eigenvalue weighted by molar-refractivity contribution is 6.30. The summed E-state index contributed by atoms with van der Waals surface area (Å²) >= 11 is 5.87. The molecule has 1 amide bonds. The van der Waals surface area contributed by atoms with Crippen LogP contribution in [-0.2, 0) is 0 Å². The lowest BCUT2D eigenvalue weighted by molar-refractivity contribution is 0.0975. The summed E-state index contributed by atoms with van der Waals surface area (Å²) in [6, 6.07) is 12.0. The molecule has 2 unspecified atom stereocenters. The molecule has 2 atom stereocenters. The van der Waals surface area contributed by atoms with Crippen LogP contribution in [-0.4, -0.2) is 23.6 Å². The second-order valence-corrected chi connectivity index (χ2v) is 8.21. The quantitative estimate of drug-likeness (QED) is 0.440. The Morgan fingerprint density at radius 2 is 1.69 bits per heavy atom. The highest BCUT2D eigenvalue weighted by Gasteiger charge is 2.18. The lowest BCUT2D eigenvalue weighted by Gasteiger charge is -2.25. The molecule has 6 N–H and O–H groups in total. The molecule has 0 aliphatic rings. The van der Waals surface area contributed by atoms with Gasteiger partial charge in [-0.15, -0.1) is 0 Å². The van der Waals surface area contributed by atoms with Crippen molar-refractivity contribution in [1.29, 1.82) is 0 Å². The van der Waals surface area contributed by atoms with E-state index in [9.17, 15) is 9.18 Å². The van der Waals surface area contributed by atoms with Crippen molar-refractivity contribution in [2.45, 2.75) is 44.9 Å². The Kier molecular flexibility index (Phi) is 7.73. The maximum Gasteiger partial charge on any atom is 0.257 e. The summed E-state index contributed by atoms with van der Waals surface area (Å²) in [5.41, 5.74) is 13.1. The zero-order valence-electron chi connectivity index (χ0n) is 16.7. The second kappa shape index (κ2) is 9.82.